The lowest BCUT2D eigenvalue weighted by Gasteiger charge is -2.22. The van der Waals surface area contributed by atoms with Gasteiger partial charge in [-0.1, -0.05) is 0 Å². The monoisotopic (exact) mass is 144 g/mol. The van der Waals surface area contributed by atoms with Gasteiger partial charge in [-0.05, 0) is 14.1 Å². The largest absolute Gasteiger partial charge is 0.307 e. The lowest BCUT2D eigenvalue weighted by Crippen LogP contribution is -2.44. The second-order valence-corrected chi connectivity index (χ2v) is 2.62. The molecule has 4 nitrogen and oxygen atoms in total. The molecule has 0 aromatic heterocycles. The number of rotatable bonds is 3. The predicted octanol–water partition coefficient (Wildman–Crippen LogP) is -1.43. The summed E-state index contributed by atoms with van der Waals surface area (Å²) in [5.41, 5.74) is 0. The highest BCUT2D eigenvalue weighted by atomic mass is 15.4. The van der Waals surface area contributed by atoms with Crippen molar-refractivity contribution in [2.75, 3.05) is 34.0 Å². The highest BCUT2D eigenvalue weighted by molar-refractivity contribution is 4.73. The van der Waals surface area contributed by atoms with Crippen LogP contribution in [0.1, 0.15) is 0 Å². The molecule has 0 radical (unpaired) electrons. The van der Waals surface area contributed by atoms with E-state index < -0.39 is 0 Å². The first-order valence-electron chi connectivity index (χ1n) is 3.63. The fraction of sp³-hybridized carbons (Fsp3) is 1.00. The standard InChI is InChI=1S/C6H16N4/c1-7-5-10(2)6-3-8-4-9-6/h6-9H,3-5H2,1-2H3. The summed E-state index contributed by atoms with van der Waals surface area (Å²) in [7, 11) is 4.06. The van der Waals surface area contributed by atoms with Crippen LogP contribution >= 0.6 is 0 Å². The van der Waals surface area contributed by atoms with Crippen molar-refractivity contribution in [3.8, 4) is 0 Å². The Labute approximate surface area is 62.0 Å². The molecule has 0 saturated carbocycles. The summed E-state index contributed by atoms with van der Waals surface area (Å²) in [6.07, 6.45) is 0.493. The summed E-state index contributed by atoms with van der Waals surface area (Å²) >= 11 is 0. The van der Waals surface area contributed by atoms with Gasteiger partial charge in [-0.3, -0.25) is 10.2 Å². The molecule has 0 bridgehead atoms. The van der Waals surface area contributed by atoms with Gasteiger partial charge in [0.15, 0.2) is 0 Å². The van der Waals surface area contributed by atoms with Gasteiger partial charge in [-0.2, -0.15) is 0 Å². The van der Waals surface area contributed by atoms with Crippen LogP contribution in [0.25, 0.3) is 0 Å². The number of hydrogen-bond acceptors (Lipinski definition) is 4. The molecule has 1 atom stereocenters. The quantitative estimate of drug-likeness (QED) is 0.425. The molecule has 0 aliphatic carbocycles. The van der Waals surface area contributed by atoms with Crippen LogP contribution in [0.4, 0.5) is 0 Å². The fourth-order valence-electron chi connectivity index (χ4n) is 1.14. The van der Waals surface area contributed by atoms with Crippen molar-refractivity contribution < 1.29 is 0 Å². The molecule has 3 N–H and O–H groups in total. The molecule has 0 aromatic rings. The van der Waals surface area contributed by atoms with Gasteiger partial charge in [-0.25, -0.2) is 0 Å². The molecule has 1 rings (SSSR count). The van der Waals surface area contributed by atoms with Gasteiger partial charge in [-0.15, -0.1) is 0 Å². The summed E-state index contributed by atoms with van der Waals surface area (Å²) in [6, 6.07) is 0. The van der Waals surface area contributed by atoms with Crippen molar-refractivity contribution in [2.45, 2.75) is 6.17 Å². The Balaban J connectivity index is 2.18. The first kappa shape index (κ1) is 7.94. The zero-order chi connectivity index (χ0) is 7.40. The van der Waals surface area contributed by atoms with Crippen LogP contribution in [-0.4, -0.2) is 45.0 Å². The summed E-state index contributed by atoms with van der Waals surface area (Å²) in [4.78, 5) is 2.24. The van der Waals surface area contributed by atoms with Gasteiger partial charge in [0.1, 0.15) is 0 Å². The molecule has 0 amide bonds. The minimum Gasteiger partial charge on any atom is -0.307 e. The molecular formula is C6H16N4. The lowest BCUT2D eigenvalue weighted by atomic mass is 10.5. The van der Waals surface area contributed by atoms with Crippen LogP contribution in [0.2, 0.25) is 0 Å². The Hall–Kier alpha value is -0.160. The van der Waals surface area contributed by atoms with E-state index in [9.17, 15) is 0 Å². The molecule has 0 aromatic carbocycles. The van der Waals surface area contributed by atoms with Crippen molar-refractivity contribution in [1.29, 1.82) is 0 Å². The first-order chi connectivity index (χ1) is 4.84. The molecule has 1 saturated heterocycles. The van der Waals surface area contributed by atoms with Crippen LogP contribution in [0.5, 0.6) is 0 Å². The molecule has 1 aliphatic heterocycles. The molecule has 10 heavy (non-hydrogen) atoms. The minimum atomic E-state index is 0.493. The summed E-state index contributed by atoms with van der Waals surface area (Å²) in [5, 5.41) is 9.65. The summed E-state index contributed by atoms with van der Waals surface area (Å²) in [6.45, 7) is 2.90. The van der Waals surface area contributed by atoms with Gasteiger partial charge < -0.3 is 10.6 Å². The maximum absolute atomic E-state index is 3.32. The van der Waals surface area contributed by atoms with Gasteiger partial charge >= 0.3 is 0 Å². The molecule has 60 valence electrons. The van der Waals surface area contributed by atoms with E-state index in [4.69, 9.17) is 0 Å². The highest BCUT2D eigenvalue weighted by Gasteiger charge is 2.16. The fourth-order valence-corrected chi connectivity index (χ4v) is 1.14. The molecule has 1 heterocycles. The second-order valence-electron chi connectivity index (χ2n) is 2.62. The number of likely N-dealkylation sites (N-methyl/N-ethyl adjacent to an activating group) is 1. The Morgan fingerprint density at radius 1 is 1.70 bits per heavy atom. The SMILES string of the molecule is CNCN(C)C1CNCN1. The molecule has 0 spiro atoms. The molecule has 1 aliphatic rings. The lowest BCUT2D eigenvalue weighted by molar-refractivity contribution is 0.225. The van der Waals surface area contributed by atoms with Gasteiger partial charge in [0.25, 0.3) is 0 Å². The van der Waals surface area contributed by atoms with Gasteiger partial charge in [0.2, 0.25) is 0 Å². The summed E-state index contributed by atoms with van der Waals surface area (Å²) in [5.74, 6) is 0. The van der Waals surface area contributed by atoms with E-state index in [0.29, 0.717) is 6.17 Å². The normalized spacial score (nSPS) is 26.1. The zero-order valence-corrected chi connectivity index (χ0v) is 6.65. The van der Waals surface area contributed by atoms with E-state index in [1.165, 1.54) is 0 Å². The zero-order valence-electron chi connectivity index (χ0n) is 6.65. The van der Waals surface area contributed by atoms with E-state index >= 15 is 0 Å². The van der Waals surface area contributed by atoms with E-state index in [0.717, 1.165) is 19.9 Å². The average molecular weight is 144 g/mol. The third-order valence-corrected chi connectivity index (χ3v) is 1.74. The van der Waals surface area contributed by atoms with E-state index in [1.54, 1.807) is 0 Å². The topological polar surface area (TPSA) is 39.3 Å². The Kier molecular flexibility index (Phi) is 3.08. The Bertz CT molecular complexity index is 89.7. The van der Waals surface area contributed by atoms with Crippen LogP contribution in [0.15, 0.2) is 0 Å². The summed E-state index contributed by atoms with van der Waals surface area (Å²) < 4.78 is 0. The van der Waals surface area contributed by atoms with Crippen LogP contribution in [0.3, 0.4) is 0 Å². The minimum absolute atomic E-state index is 0.493. The first-order valence-corrected chi connectivity index (χ1v) is 3.63. The third-order valence-electron chi connectivity index (χ3n) is 1.74. The van der Waals surface area contributed by atoms with Crippen LogP contribution in [-0.2, 0) is 0 Å². The number of nitrogens with zero attached hydrogens (tertiary/aromatic N) is 1. The van der Waals surface area contributed by atoms with Crippen molar-refractivity contribution in [2.24, 2.45) is 0 Å². The Morgan fingerprint density at radius 2 is 2.50 bits per heavy atom. The molecule has 1 fully saturated rings. The molecular weight excluding hydrogens is 128 g/mol. The third kappa shape index (κ3) is 1.91. The average Bonchev–Trinajstić information content (AvgIpc) is 2.38. The van der Waals surface area contributed by atoms with E-state index in [-0.39, 0.29) is 0 Å². The van der Waals surface area contributed by atoms with Crippen molar-refractivity contribution in [1.82, 2.24) is 20.9 Å². The van der Waals surface area contributed by atoms with E-state index in [2.05, 4.69) is 27.9 Å². The number of hydrogen-bond donors (Lipinski definition) is 3. The maximum Gasteiger partial charge on any atom is 0.0743 e. The van der Waals surface area contributed by atoms with Crippen molar-refractivity contribution in [3.63, 3.8) is 0 Å². The van der Waals surface area contributed by atoms with Gasteiger partial charge in [0.05, 0.1) is 6.17 Å². The van der Waals surface area contributed by atoms with E-state index in [1.807, 2.05) is 7.05 Å². The van der Waals surface area contributed by atoms with Crippen molar-refractivity contribution >= 4 is 0 Å². The predicted molar refractivity (Wildman–Crippen MR) is 41.5 cm³/mol. The molecule has 1 unspecified atom stereocenters. The van der Waals surface area contributed by atoms with Crippen LogP contribution in [0, 0.1) is 0 Å². The maximum atomic E-state index is 3.32. The smallest absolute Gasteiger partial charge is 0.0743 e. The number of nitrogens with one attached hydrogen (secondary N) is 3. The Morgan fingerprint density at radius 3 is 3.00 bits per heavy atom. The second kappa shape index (κ2) is 3.88. The van der Waals surface area contributed by atoms with Crippen molar-refractivity contribution in [3.05, 3.63) is 0 Å². The highest BCUT2D eigenvalue weighted by Crippen LogP contribution is 1.92. The van der Waals surface area contributed by atoms with Crippen LogP contribution < -0.4 is 16.0 Å². The molecule has 4 heteroatoms. The van der Waals surface area contributed by atoms with Gasteiger partial charge in [0, 0.05) is 19.9 Å².